The summed E-state index contributed by atoms with van der Waals surface area (Å²) in [7, 11) is 0. The third-order valence-corrected chi connectivity index (χ3v) is 4.92. The largest absolute Gasteiger partial charge is 0.465 e. The van der Waals surface area contributed by atoms with Crippen molar-refractivity contribution < 1.29 is 14.3 Å². The number of nitrogens with zero attached hydrogens (tertiary/aromatic N) is 1. The van der Waals surface area contributed by atoms with Gasteiger partial charge in [0.25, 0.3) is 0 Å². The predicted octanol–water partition coefficient (Wildman–Crippen LogP) is 2.77. The van der Waals surface area contributed by atoms with Gasteiger partial charge in [-0.3, -0.25) is 9.59 Å². The van der Waals surface area contributed by atoms with E-state index in [2.05, 4.69) is 0 Å². The van der Waals surface area contributed by atoms with E-state index >= 15 is 0 Å². The Hall–Kier alpha value is -1.26. The number of carbonyl (C=O) groups excluding carboxylic acids is 2. The summed E-state index contributed by atoms with van der Waals surface area (Å²) in [5, 5.41) is 0. The van der Waals surface area contributed by atoms with E-state index in [9.17, 15) is 9.59 Å². The lowest BCUT2D eigenvalue weighted by Gasteiger charge is -2.16. The minimum atomic E-state index is -0.956. The van der Waals surface area contributed by atoms with Crippen molar-refractivity contribution >= 4 is 35.1 Å². The quantitative estimate of drug-likeness (QED) is 0.611. The molecule has 118 valence electrons. The topological polar surface area (TPSA) is 46.6 Å². The number of hydrogen-bond acceptors (Lipinski definition) is 3. The second kappa shape index (κ2) is 6.09. The van der Waals surface area contributed by atoms with Crippen LogP contribution in [0.1, 0.15) is 18.4 Å². The number of esters is 1. The summed E-state index contributed by atoms with van der Waals surface area (Å²) < 4.78 is 4.29. The molecule has 1 saturated carbocycles. The SMILES string of the molecule is O=C(OC[C@@H]1CC(=O)N(Cc2ccccc2)C1)[C@@H]1CC1(Cl)Cl. The van der Waals surface area contributed by atoms with Gasteiger partial charge < -0.3 is 9.64 Å². The smallest absolute Gasteiger partial charge is 0.312 e. The standard InChI is InChI=1S/C16H17Cl2NO3/c17-16(18)7-13(16)15(21)22-10-12-6-14(20)19(9-12)8-11-4-2-1-3-5-11/h1-5,12-13H,6-10H2/t12-,13+/m1/s1. The summed E-state index contributed by atoms with van der Waals surface area (Å²) in [5.41, 5.74) is 1.10. The highest BCUT2D eigenvalue weighted by molar-refractivity contribution is 6.52. The molecule has 1 aromatic rings. The first-order valence-corrected chi connectivity index (χ1v) is 8.07. The molecule has 1 saturated heterocycles. The molecule has 2 aliphatic rings. The molecule has 1 aromatic carbocycles. The number of benzene rings is 1. The molecule has 1 aliphatic heterocycles. The van der Waals surface area contributed by atoms with Crippen LogP contribution in [0.5, 0.6) is 0 Å². The van der Waals surface area contributed by atoms with E-state index < -0.39 is 10.3 Å². The lowest BCUT2D eigenvalue weighted by Crippen LogP contribution is -2.25. The van der Waals surface area contributed by atoms with Crippen LogP contribution in [0.4, 0.5) is 0 Å². The average Bonchev–Trinajstić information content (AvgIpc) is 2.99. The normalized spacial score (nSPS) is 26.1. The molecule has 1 heterocycles. The molecule has 2 atom stereocenters. The zero-order chi connectivity index (χ0) is 15.7. The molecule has 0 radical (unpaired) electrons. The van der Waals surface area contributed by atoms with Gasteiger partial charge in [-0.15, -0.1) is 23.2 Å². The van der Waals surface area contributed by atoms with Crippen LogP contribution in [-0.4, -0.2) is 34.3 Å². The minimum absolute atomic E-state index is 0.0407. The van der Waals surface area contributed by atoms with Crippen molar-refractivity contribution in [2.45, 2.75) is 23.7 Å². The average molecular weight is 342 g/mol. The van der Waals surface area contributed by atoms with E-state index in [0.717, 1.165) is 5.56 Å². The van der Waals surface area contributed by atoms with Gasteiger partial charge in [0, 0.05) is 25.4 Å². The highest BCUT2D eigenvalue weighted by Crippen LogP contribution is 2.53. The fourth-order valence-corrected chi connectivity index (χ4v) is 3.18. The number of halogens is 2. The molecule has 3 rings (SSSR count). The van der Waals surface area contributed by atoms with E-state index in [1.807, 2.05) is 30.3 Å². The van der Waals surface area contributed by atoms with E-state index in [1.165, 1.54) is 0 Å². The lowest BCUT2D eigenvalue weighted by atomic mass is 10.1. The summed E-state index contributed by atoms with van der Waals surface area (Å²) >= 11 is 11.7. The highest BCUT2D eigenvalue weighted by atomic mass is 35.5. The van der Waals surface area contributed by atoms with Crippen LogP contribution < -0.4 is 0 Å². The Morgan fingerprint density at radius 1 is 1.32 bits per heavy atom. The van der Waals surface area contributed by atoms with Crippen molar-refractivity contribution in [2.75, 3.05) is 13.2 Å². The molecular formula is C16H17Cl2NO3. The maximum atomic E-state index is 12.0. The number of rotatable bonds is 5. The van der Waals surface area contributed by atoms with Gasteiger partial charge in [0.05, 0.1) is 12.5 Å². The van der Waals surface area contributed by atoms with Gasteiger partial charge in [0.1, 0.15) is 4.33 Å². The van der Waals surface area contributed by atoms with Crippen molar-refractivity contribution in [3.8, 4) is 0 Å². The Bertz CT molecular complexity index is 576. The number of ether oxygens (including phenoxy) is 1. The fraction of sp³-hybridized carbons (Fsp3) is 0.500. The number of amides is 1. The Morgan fingerprint density at radius 2 is 2.00 bits per heavy atom. The summed E-state index contributed by atoms with van der Waals surface area (Å²) in [5.74, 6) is -0.647. The predicted molar refractivity (Wildman–Crippen MR) is 83.5 cm³/mol. The van der Waals surface area contributed by atoms with Crippen LogP contribution >= 0.6 is 23.2 Å². The van der Waals surface area contributed by atoms with Crippen LogP contribution in [0, 0.1) is 11.8 Å². The van der Waals surface area contributed by atoms with Gasteiger partial charge in [-0.1, -0.05) is 30.3 Å². The molecule has 4 nitrogen and oxygen atoms in total. The third-order valence-electron chi connectivity index (χ3n) is 4.08. The number of hydrogen-bond donors (Lipinski definition) is 0. The van der Waals surface area contributed by atoms with Gasteiger partial charge >= 0.3 is 5.97 Å². The number of alkyl halides is 2. The maximum Gasteiger partial charge on any atom is 0.312 e. The molecule has 2 fully saturated rings. The number of likely N-dealkylation sites (tertiary alicyclic amines) is 1. The second-order valence-corrected chi connectivity index (χ2v) is 7.52. The van der Waals surface area contributed by atoms with E-state index in [1.54, 1.807) is 4.90 Å². The Kier molecular flexibility index (Phi) is 4.33. The van der Waals surface area contributed by atoms with E-state index in [4.69, 9.17) is 27.9 Å². The zero-order valence-electron chi connectivity index (χ0n) is 12.0. The summed E-state index contributed by atoms with van der Waals surface area (Å²) in [6.45, 7) is 1.45. The lowest BCUT2D eigenvalue weighted by molar-refractivity contribution is -0.146. The Labute approximate surface area is 139 Å². The fourth-order valence-electron chi connectivity index (χ4n) is 2.69. The molecule has 6 heteroatoms. The van der Waals surface area contributed by atoms with E-state index in [-0.39, 0.29) is 24.4 Å². The van der Waals surface area contributed by atoms with Crippen LogP contribution in [0.2, 0.25) is 0 Å². The maximum absolute atomic E-state index is 12.0. The Balaban J connectivity index is 1.47. The Morgan fingerprint density at radius 3 is 2.64 bits per heavy atom. The molecule has 0 aromatic heterocycles. The molecule has 0 bridgehead atoms. The van der Waals surface area contributed by atoms with Gasteiger partial charge in [0.2, 0.25) is 5.91 Å². The van der Waals surface area contributed by atoms with Crippen LogP contribution in [-0.2, 0) is 20.9 Å². The first-order chi connectivity index (χ1) is 10.5. The van der Waals surface area contributed by atoms with Crippen molar-refractivity contribution in [1.82, 2.24) is 4.90 Å². The third kappa shape index (κ3) is 3.55. The number of carbonyl (C=O) groups is 2. The molecule has 1 aliphatic carbocycles. The summed E-state index contributed by atoms with van der Waals surface area (Å²) in [4.78, 5) is 25.6. The molecule has 0 spiro atoms. The summed E-state index contributed by atoms with van der Waals surface area (Å²) in [6.07, 6.45) is 0.857. The van der Waals surface area contributed by atoms with Crippen LogP contribution in [0.15, 0.2) is 30.3 Å². The molecular weight excluding hydrogens is 325 g/mol. The van der Waals surface area contributed by atoms with E-state index in [0.29, 0.717) is 25.9 Å². The van der Waals surface area contributed by atoms with Crippen LogP contribution in [0.3, 0.4) is 0 Å². The van der Waals surface area contributed by atoms with Gasteiger partial charge in [0.15, 0.2) is 0 Å². The molecule has 22 heavy (non-hydrogen) atoms. The summed E-state index contributed by atoms with van der Waals surface area (Å²) in [6, 6.07) is 9.84. The first-order valence-electron chi connectivity index (χ1n) is 7.32. The molecule has 0 unspecified atom stereocenters. The van der Waals surface area contributed by atoms with Gasteiger partial charge in [-0.05, 0) is 12.0 Å². The van der Waals surface area contributed by atoms with Crippen molar-refractivity contribution in [1.29, 1.82) is 0 Å². The van der Waals surface area contributed by atoms with Crippen molar-refractivity contribution in [3.63, 3.8) is 0 Å². The monoisotopic (exact) mass is 341 g/mol. The minimum Gasteiger partial charge on any atom is -0.465 e. The highest BCUT2D eigenvalue weighted by Gasteiger charge is 2.57. The zero-order valence-corrected chi connectivity index (χ0v) is 13.5. The molecule has 1 amide bonds. The first kappa shape index (κ1) is 15.6. The van der Waals surface area contributed by atoms with Crippen molar-refractivity contribution in [2.24, 2.45) is 11.8 Å². The second-order valence-electron chi connectivity index (χ2n) is 5.98. The van der Waals surface area contributed by atoms with Gasteiger partial charge in [-0.2, -0.15) is 0 Å². The van der Waals surface area contributed by atoms with Gasteiger partial charge in [-0.25, -0.2) is 0 Å². The van der Waals surface area contributed by atoms with Crippen molar-refractivity contribution in [3.05, 3.63) is 35.9 Å². The molecule has 0 N–H and O–H groups in total. The van der Waals surface area contributed by atoms with Crippen LogP contribution in [0.25, 0.3) is 0 Å².